The van der Waals surface area contributed by atoms with Crippen LogP contribution in [0.3, 0.4) is 0 Å². The Balaban J connectivity index is 1.68. The minimum atomic E-state index is -3.34. The molecule has 9 heteroatoms. The van der Waals surface area contributed by atoms with E-state index in [1.54, 1.807) is 32.0 Å². The highest BCUT2D eigenvalue weighted by molar-refractivity contribution is 7.92. The maximum atomic E-state index is 13.6. The third-order valence-corrected chi connectivity index (χ3v) is 6.20. The molecule has 0 spiro atoms. The first kappa shape index (κ1) is 19.7. The molecule has 146 valence electrons. The van der Waals surface area contributed by atoms with Gasteiger partial charge in [0.15, 0.2) is 9.84 Å². The number of carbonyl (C=O) groups is 1. The van der Waals surface area contributed by atoms with Crippen LogP contribution < -0.4 is 5.32 Å². The Hall–Kier alpha value is -3.07. The Morgan fingerprint density at radius 1 is 1.11 bits per heavy atom. The predicted octanol–water partition coefficient (Wildman–Crippen LogP) is 3.23. The Morgan fingerprint density at radius 2 is 1.79 bits per heavy atom. The number of amides is 1. The van der Waals surface area contributed by atoms with Crippen LogP contribution in [0.1, 0.15) is 35.7 Å². The molecule has 0 unspecified atom stereocenters. The van der Waals surface area contributed by atoms with Crippen LogP contribution in [0.15, 0.2) is 57.8 Å². The van der Waals surface area contributed by atoms with Crippen molar-refractivity contribution in [2.45, 2.75) is 30.4 Å². The molecular formula is C19H18FN3O4S. The number of hydrogen-bond acceptors (Lipinski definition) is 6. The zero-order valence-electron chi connectivity index (χ0n) is 15.2. The molecule has 0 atom stereocenters. The van der Waals surface area contributed by atoms with E-state index in [0.29, 0.717) is 0 Å². The van der Waals surface area contributed by atoms with Crippen molar-refractivity contribution >= 4 is 21.8 Å². The van der Waals surface area contributed by atoms with Crippen molar-refractivity contribution in [2.24, 2.45) is 0 Å². The van der Waals surface area contributed by atoms with Gasteiger partial charge in [0.1, 0.15) is 5.82 Å². The lowest BCUT2D eigenvalue weighted by Crippen LogP contribution is -2.13. The molecule has 0 fully saturated rings. The van der Waals surface area contributed by atoms with Gasteiger partial charge in [0.05, 0.1) is 22.1 Å². The summed E-state index contributed by atoms with van der Waals surface area (Å²) in [5.74, 6) is -1.13. The molecule has 1 N–H and O–H groups in total. The maximum absolute atomic E-state index is 13.6. The van der Waals surface area contributed by atoms with Crippen LogP contribution in [0.4, 0.5) is 10.4 Å². The molecule has 0 radical (unpaired) electrons. The first-order valence-electron chi connectivity index (χ1n) is 8.48. The number of nitrogens with zero attached hydrogens (tertiary/aromatic N) is 2. The second kappa shape index (κ2) is 7.89. The molecule has 0 saturated carbocycles. The number of sulfone groups is 1. The summed E-state index contributed by atoms with van der Waals surface area (Å²) in [6.07, 6.45) is 0.255. The summed E-state index contributed by atoms with van der Waals surface area (Å²) in [5, 5.41) is 9.40. The average Bonchev–Trinajstić information content (AvgIpc) is 3.09. The third-order valence-electron chi connectivity index (χ3n) is 4.03. The van der Waals surface area contributed by atoms with Crippen LogP contribution in [0, 0.1) is 5.82 Å². The zero-order chi connectivity index (χ0) is 20.3. The van der Waals surface area contributed by atoms with Gasteiger partial charge >= 0.3 is 6.01 Å². The van der Waals surface area contributed by atoms with Gasteiger partial charge in [0.2, 0.25) is 5.89 Å². The second-order valence-corrected chi connectivity index (χ2v) is 8.85. The van der Waals surface area contributed by atoms with Gasteiger partial charge < -0.3 is 4.42 Å². The number of hydrogen-bond donors (Lipinski definition) is 1. The number of anilines is 1. The van der Waals surface area contributed by atoms with Gasteiger partial charge in [-0.3, -0.25) is 10.1 Å². The van der Waals surface area contributed by atoms with Gasteiger partial charge in [0, 0.05) is 0 Å². The van der Waals surface area contributed by atoms with Gasteiger partial charge in [-0.1, -0.05) is 29.4 Å². The summed E-state index contributed by atoms with van der Waals surface area (Å²) in [7, 11) is -3.34. The van der Waals surface area contributed by atoms with Gasteiger partial charge in [-0.05, 0) is 43.7 Å². The molecule has 0 aliphatic rings. The average molecular weight is 403 g/mol. The molecule has 0 aliphatic carbocycles. The van der Waals surface area contributed by atoms with Gasteiger partial charge in [-0.15, -0.1) is 5.10 Å². The van der Waals surface area contributed by atoms with Crippen molar-refractivity contribution in [3.8, 4) is 0 Å². The van der Waals surface area contributed by atoms with Crippen LogP contribution >= 0.6 is 0 Å². The molecule has 3 rings (SSSR count). The lowest BCUT2D eigenvalue weighted by atomic mass is 10.1. The van der Waals surface area contributed by atoms with Crippen molar-refractivity contribution in [1.29, 1.82) is 0 Å². The van der Waals surface area contributed by atoms with Crippen molar-refractivity contribution in [2.75, 3.05) is 5.32 Å². The smallest absolute Gasteiger partial charge is 0.322 e. The number of benzene rings is 2. The molecule has 1 heterocycles. The molecule has 3 aromatic rings. The molecule has 1 aromatic heterocycles. The van der Waals surface area contributed by atoms with Crippen molar-refractivity contribution in [3.63, 3.8) is 0 Å². The Kier molecular flexibility index (Phi) is 5.55. The SMILES string of the molecule is CC(C)S(=O)(=O)c1ccc(Cc2nnc(NC(=O)c3ccccc3F)o2)cc1. The van der Waals surface area contributed by atoms with Crippen LogP contribution in [-0.4, -0.2) is 29.8 Å². The van der Waals surface area contributed by atoms with E-state index in [1.807, 2.05) is 0 Å². The van der Waals surface area contributed by atoms with Crippen LogP contribution in [0.25, 0.3) is 0 Å². The largest absolute Gasteiger partial charge is 0.407 e. The predicted molar refractivity (Wildman–Crippen MR) is 100 cm³/mol. The van der Waals surface area contributed by atoms with Crippen LogP contribution in [0.2, 0.25) is 0 Å². The second-order valence-electron chi connectivity index (χ2n) is 6.35. The van der Waals surface area contributed by atoms with Crippen molar-refractivity contribution in [1.82, 2.24) is 10.2 Å². The fraction of sp³-hybridized carbons (Fsp3) is 0.211. The summed E-state index contributed by atoms with van der Waals surface area (Å²) >= 11 is 0. The highest BCUT2D eigenvalue weighted by atomic mass is 32.2. The quantitative estimate of drug-likeness (QED) is 0.678. The maximum Gasteiger partial charge on any atom is 0.322 e. The topological polar surface area (TPSA) is 102 Å². The fourth-order valence-corrected chi connectivity index (χ4v) is 3.49. The number of rotatable bonds is 6. The molecular weight excluding hydrogens is 385 g/mol. The molecule has 2 aromatic carbocycles. The third kappa shape index (κ3) is 4.25. The molecule has 0 aliphatic heterocycles. The molecule has 1 amide bonds. The first-order valence-corrected chi connectivity index (χ1v) is 10.0. The number of halogens is 1. The van der Waals surface area contributed by atoms with Crippen LogP contribution in [0.5, 0.6) is 0 Å². The molecule has 7 nitrogen and oxygen atoms in total. The van der Waals surface area contributed by atoms with E-state index in [9.17, 15) is 17.6 Å². The van der Waals surface area contributed by atoms with Crippen molar-refractivity contribution < 1.29 is 22.0 Å². The molecule has 28 heavy (non-hydrogen) atoms. The highest BCUT2D eigenvalue weighted by Crippen LogP contribution is 2.18. The minimum Gasteiger partial charge on any atom is -0.407 e. The summed E-state index contributed by atoms with van der Waals surface area (Å²) in [4.78, 5) is 12.3. The summed E-state index contributed by atoms with van der Waals surface area (Å²) in [6.45, 7) is 3.25. The van der Waals surface area contributed by atoms with Gasteiger partial charge in [0.25, 0.3) is 5.91 Å². The lowest BCUT2D eigenvalue weighted by Gasteiger charge is -2.08. The monoisotopic (exact) mass is 403 g/mol. The van der Waals surface area contributed by atoms with Gasteiger partial charge in [-0.25, -0.2) is 12.8 Å². The lowest BCUT2D eigenvalue weighted by molar-refractivity contribution is 0.102. The minimum absolute atomic E-state index is 0.135. The van der Waals surface area contributed by atoms with E-state index >= 15 is 0 Å². The van der Waals surface area contributed by atoms with Gasteiger partial charge in [-0.2, -0.15) is 0 Å². The Morgan fingerprint density at radius 3 is 2.43 bits per heavy atom. The van der Waals surface area contributed by atoms with E-state index in [4.69, 9.17) is 4.42 Å². The standard InChI is InChI=1S/C19H18FN3O4S/c1-12(2)28(25,26)14-9-7-13(8-10-14)11-17-22-23-19(27-17)21-18(24)15-5-3-4-6-16(15)20/h3-10,12H,11H2,1-2H3,(H,21,23,24). The summed E-state index contributed by atoms with van der Waals surface area (Å²) in [6, 6.07) is 11.8. The summed E-state index contributed by atoms with van der Waals surface area (Å²) in [5.41, 5.74) is 0.627. The molecule has 0 saturated heterocycles. The van der Waals surface area contributed by atoms with E-state index in [-0.39, 0.29) is 28.8 Å². The summed E-state index contributed by atoms with van der Waals surface area (Å²) < 4.78 is 43.3. The van der Waals surface area contributed by atoms with E-state index in [0.717, 1.165) is 5.56 Å². The van der Waals surface area contributed by atoms with Crippen molar-refractivity contribution in [3.05, 3.63) is 71.4 Å². The van der Waals surface area contributed by atoms with E-state index in [2.05, 4.69) is 15.5 Å². The normalized spacial score (nSPS) is 11.6. The fourth-order valence-electron chi connectivity index (χ4n) is 2.43. The first-order chi connectivity index (χ1) is 13.3. The number of nitrogens with one attached hydrogen (secondary N) is 1. The van der Waals surface area contributed by atoms with E-state index < -0.39 is 26.8 Å². The Bertz CT molecular complexity index is 1090. The zero-order valence-corrected chi connectivity index (χ0v) is 16.0. The number of aromatic nitrogens is 2. The van der Waals surface area contributed by atoms with Crippen LogP contribution in [-0.2, 0) is 16.3 Å². The molecule has 0 bridgehead atoms. The number of carbonyl (C=O) groups excluding carboxylic acids is 1. The Labute approximate surface area is 161 Å². The highest BCUT2D eigenvalue weighted by Gasteiger charge is 2.19. The van der Waals surface area contributed by atoms with E-state index in [1.165, 1.54) is 30.3 Å².